The Labute approximate surface area is 193 Å². The van der Waals surface area contributed by atoms with Crippen molar-refractivity contribution in [1.29, 1.82) is 0 Å². The summed E-state index contributed by atoms with van der Waals surface area (Å²) in [5.41, 5.74) is 1.31. The summed E-state index contributed by atoms with van der Waals surface area (Å²) in [5.74, 6) is -1.70. The van der Waals surface area contributed by atoms with Crippen molar-refractivity contribution >= 4 is 29.6 Å². The first-order chi connectivity index (χ1) is 16.0. The predicted octanol–water partition coefficient (Wildman–Crippen LogP) is 5.09. The van der Waals surface area contributed by atoms with E-state index in [0.29, 0.717) is 17.0 Å². The van der Waals surface area contributed by atoms with Gasteiger partial charge in [-0.3, -0.25) is 14.9 Å². The number of amides is 4. The number of hydrogen-bond acceptors (Lipinski definition) is 3. The minimum atomic E-state index is -4.56. The van der Waals surface area contributed by atoms with Gasteiger partial charge in [-0.2, -0.15) is 13.2 Å². The molecule has 0 atom stereocenters. The van der Waals surface area contributed by atoms with Gasteiger partial charge in [0.15, 0.2) is 0 Å². The van der Waals surface area contributed by atoms with Gasteiger partial charge in [0.05, 0.1) is 16.9 Å². The lowest BCUT2D eigenvalue weighted by Crippen LogP contribution is -2.54. The molecule has 1 aliphatic heterocycles. The molecule has 174 valence electrons. The number of alkyl halides is 3. The first-order valence-electron chi connectivity index (χ1n) is 10.3. The molecule has 0 bridgehead atoms. The van der Waals surface area contributed by atoms with Gasteiger partial charge in [0, 0.05) is 11.4 Å². The summed E-state index contributed by atoms with van der Waals surface area (Å²) in [6.07, 6.45) is -3.27. The minimum absolute atomic E-state index is 0.0643. The number of imide groups is 2. The molecule has 2 heterocycles. The second kappa shape index (κ2) is 8.33. The molecular formula is C25H20F3N3O3. The van der Waals surface area contributed by atoms with Crippen LogP contribution in [0.25, 0.3) is 11.8 Å². The number of aryl methyl sites for hydroxylation is 2. The van der Waals surface area contributed by atoms with E-state index in [1.54, 1.807) is 44.2 Å². The van der Waals surface area contributed by atoms with Gasteiger partial charge < -0.3 is 4.57 Å². The Morgan fingerprint density at radius 2 is 1.56 bits per heavy atom. The van der Waals surface area contributed by atoms with E-state index in [0.717, 1.165) is 16.5 Å². The van der Waals surface area contributed by atoms with Crippen LogP contribution in [0.4, 0.5) is 23.7 Å². The zero-order valence-corrected chi connectivity index (χ0v) is 18.5. The van der Waals surface area contributed by atoms with Crippen molar-refractivity contribution in [3.05, 3.63) is 88.2 Å². The molecule has 0 spiro atoms. The number of hydrogen-bond donors (Lipinski definition) is 1. The second-order valence-corrected chi connectivity index (χ2v) is 7.97. The summed E-state index contributed by atoms with van der Waals surface area (Å²) in [6.45, 7) is 5.08. The molecule has 3 aromatic rings. The van der Waals surface area contributed by atoms with Crippen LogP contribution in [0.3, 0.4) is 0 Å². The van der Waals surface area contributed by atoms with E-state index >= 15 is 0 Å². The summed E-state index contributed by atoms with van der Waals surface area (Å²) in [6, 6.07) is 12.5. The first-order valence-corrected chi connectivity index (χ1v) is 10.3. The third-order valence-corrected chi connectivity index (χ3v) is 5.61. The number of halogens is 3. The molecule has 0 saturated carbocycles. The standard InChI is InChI=1S/C25H20F3N3O3/c1-14-8-10-18(11-9-14)31-23(33)19(22(32)29-24(31)34)13-17-12-15(2)30(16(17)3)21-7-5-4-6-20(21)25(26,27)28/h4-13H,1-3H3,(H,29,32,34). The number of anilines is 1. The number of nitrogens with one attached hydrogen (secondary N) is 1. The Balaban J connectivity index is 1.80. The van der Waals surface area contributed by atoms with Crippen molar-refractivity contribution in [2.45, 2.75) is 26.9 Å². The van der Waals surface area contributed by atoms with Gasteiger partial charge in [-0.15, -0.1) is 0 Å². The van der Waals surface area contributed by atoms with Crippen molar-refractivity contribution in [2.24, 2.45) is 0 Å². The van der Waals surface area contributed by atoms with E-state index in [-0.39, 0.29) is 16.9 Å². The zero-order chi connectivity index (χ0) is 24.8. The van der Waals surface area contributed by atoms with Gasteiger partial charge in [-0.05, 0) is 62.7 Å². The molecule has 9 heteroatoms. The minimum Gasteiger partial charge on any atom is -0.317 e. The molecule has 1 aliphatic rings. The van der Waals surface area contributed by atoms with Gasteiger partial charge in [0.1, 0.15) is 5.57 Å². The quantitative estimate of drug-likeness (QED) is 0.431. The topological polar surface area (TPSA) is 71.4 Å². The second-order valence-electron chi connectivity index (χ2n) is 7.97. The van der Waals surface area contributed by atoms with E-state index in [9.17, 15) is 27.6 Å². The third kappa shape index (κ3) is 4.00. The van der Waals surface area contributed by atoms with Gasteiger partial charge in [-0.1, -0.05) is 29.8 Å². The molecular weight excluding hydrogens is 447 g/mol. The number of barbiturate groups is 1. The van der Waals surface area contributed by atoms with Crippen LogP contribution >= 0.6 is 0 Å². The van der Waals surface area contributed by atoms with Gasteiger partial charge >= 0.3 is 12.2 Å². The van der Waals surface area contributed by atoms with Crippen molar-refractivity contribution < 1.29 is 27.6 Å². The number of nitrogens with zero attached hydrogens (tertiary/aromatic N) is 2. The number of aromatic nitrogens is 1. The zero-order valence-electron chi connectivity index (χ0n) is 18.5. The number of benzene rings is 2. The Morgan fingerprint density at radius 3 is 2.21 bits per heavy atom. The highest BCUT2D eigenvalue weighted by atomic mass is 19.4. The lowest BCUT2D eigenvalue weighted by molar-refractivity contribution is -0.137. The summed E-state index contributed by atoms with van der Waals surface area (Å²) < 4.78 is 42.2. The molecule has 0 radical (unpaired) electrons. The van der Waals surface area contributed by atoms with Crippen molar-refractivity contribution in [2.75, 3.05) is 4.90 Å². The first kappa shape index (κ1) is 23.0. The normalized spacial score (nSPS) is 15.8. The summed E-state index contributed by atoms with van der Waals surface area (Å²) in [7, 11) is 0. The monoisotopic (exact) mass is 467 g/mol. The third-order valence-electron chi connectivity index (χ3n) is 5.61. The maximum absolute atomic E-state index is 13.6. The Kier molecular flexibility index (Phi) is 5.64. The van der Waals surface area contributed by atoms with Gasteiger partial charge in [-0.25, -0.2) is 9.69 Å². The highest BCUT2D eigenvalue weighted by Crippen LogP contribution is 2.36. The predicted molar refractivity (Wildman–Crippen MR) is 120 cm³/mol. The average molecular weight is 467 g/mol. The molecule has 4 rings (SSSR count). The van der Waals surface area contributed by atoms with Crippen LogP contribution in [-0.2, 0) is 15.8 Å². The molecule has 4 amide bonds. The molecule has 0 unspecified atom stereocenters. The lowest BCUT2D eigenvalue weighted by Gasteiger charge is -2.26. The number of carbonyl (C=O) groups is 3. The van der Waals surface area contributed by atoms with Crippen molar-refractivity contribution in [1.82, 2.24) is 9.88 Å². The fourth-order valence-corrected chi connectivity index (χ4v) is 3.95. The molecule has 0 aliphatic carbocycles. The summed E-state index contributed by atoms with van der Waals surface area (Å²) >= 11 is 0. The van der Waals surface area contributed by atoms with E-state index in [2.05, 4.69) is 5.32 Å². The van der Waals surface area contributed by atoms with E-state index in [1.807, 2.05) is 6.92 Å². The van der Waals surface area contributed by atoms with E-state index < -0.39 is 29.6 Å². The van der Waals surface area contributed by atoms with Crippen molar-refractivity contribution in [3.63, 3.8) is 0 Å². The summed E-state index contributed by atoms with van der Waals surface area (Å²) in [5, 5.41) is 2.15. The molecule has 6 nitrogen and oxygen atoms in total. The van der Waals surface area contributed by atoms with Crippen LogP contribution in [0.5, 0.6) is 0 Å². The van der Waals surface area contributed by atoms with E-state index in [1.165, 1.54) is 28.8 Å². The number of rotatable bonds is 3. The molecule has 1 fully saturated rings. The van der Waals surface area contributed by atoms with Crippen LogP contribution in [0.2, 0.25) is 0 Å². The van der Waals surface area contributed by atoms with Crippen LogP contribution in [0.15, 0.2) is 60.2 Å². The van der Waals surface area contributed by atoms with Crippen LogP contribution < -0.4 is 10.2 Å². The maximum atomic E-state index is 13.6. The number of para-hydroxylation sites is 1. The smallest absolute Gasteiger partial charge is 0.317 e. The van der Waals surface area contributed by atoms with Crippen LogP contribution in [0.1, 0.15) is 28.1 Å². The summed E-state index contributed by atoms with van der Waals surface area (Å²) in [4.78, 5) is 38.8. The Morgan fingerprint density at radius 1 is 0.912 bits per heavy atom. The van der Waals surface area contributed by atoms with Crippen molar-refractivity contribution in [3.8, 4) is 5.69 Å². The number of urea groups is 1. The Hall–Kier alpha value is -4.14. The SMILES string of the molecule is Cc1ccc(N2C(=O)NC(=O)C(=Cc3cc(C)n(-c4ccccc4C(F)(F)F)c3C)C2=O)cc1. The maximum Gasteiger partial charge on any atom is 0.418 e. The number of carbonyl (C=O) groups excluding carboxylic acids is 3. The lowest BCUT2D eigenvalue weighted by atomic mass is 10.1. The highest BCUT2D eigenvalue weighted by Gasteiger charge is 2.37. The molecule has 2 aromatic carbocycles. The Bertz CT molecular complexity index is 1350. The van der Waals surface area contributed by atoms with Crippen LogP contribution in [-0.4, -0.2) is 22.4 Å². The van der Waals surface area contributed by atoms with Crippen LogP contribution in [0, 0.1) is 20.8 Å². The van der Waals surface area contributed by atoms with Gasteiger partial charge in [0.2, 0.25) is 0 Å². The van der Waals surface area contributed by atoms with Gasteiger partial charge in [0.25, 0.3) is 11.8 Å². The molecule has 1 saturated heterocycles. The molecule has 1 aromatic heterocycles. The largest absolute Gasteiger partial charge is 0.418 e. The molecule has 1 N–H and O–H groups in total. The highest BCUT2D eigenvalue weighted by molar-refractivity contribution is 6.39. The molecule has 34 heavy (non-hydrogen) atoms. The fourth-order valence-electron chi connectivity index (χ4n) is 3.95. The fraction of sp³-hybridized carbons (Fsp3) is 0.160. The average Bonchev–Trinajstić information content (AvgIpc) is 3.04. The van der Waals surface area contributed by atoms with E-state index in [4.69, 9.17) is 0 Å².